The van der Waals surface area contributed by atoms with Gasteiger partial charge in [-0.1, -0.05) is 31.4 Å². The zero-order chi connectivity index (χ0) is 21.0. The number of nitrogens with one attached hydrogen (secondary N) is 2. The van der Waals surface area contributed by atoms with Gasteiger partial charge in [0.15, 0.2) is 0 Å². The molecule has 0 unspecified atom stereocenters. The maximum absolute atomic E-state index is 13.0. The lowest BCUT2D eigenvalue weighted by Crippen LogP contribution is -2.36. The molecule has 1 aliphatic rings. The number of rotatable bonds is 6. The highest BCUT2D eigenvalue weighted by molar-refractivity contribution is 7.89. The van der Waals surface area contributed by atoms with E-state index in [4.69, 9.17) is 4.74 Å². The molecule has 0 aliphatic heterocycles. The molecule has 0 radical (unpaired) electrons. The van der Waals surface area contributed by atoms with E-state index in [0.29, 0.717) is 5.69 Å². The first-order valence-electron chi connectivity index (χ1n) is 9.90. The van der Waals surface area contributed by atoms with Crippen LogP contribution >= 0.6 is 0 Å². The molecular weight excluding hydrogens is 388 g/mol. The van der Waals surface area contributed by atoms with Crippen molar-refractivity contribution in [2.45, 2.75) is 56.9 Å². The smallest absolute Gasteiger partial charge is 0.255 e. The lowest BCUT2D eigenvalue weighted by atomic mass is 9.96. The van der Waals surface area contributed by atoms with E-state index in [2.05, 4.69) is 10.0 Å². The fraction of sp³-hybridized carbons (Fsp3) is 0.409. The van der Waals surface area contributed by atoms with Crippen LogP contribution in [0.15, 0.2) is 41.3 Å². The second-order valence-corrected chi connectivity index (χ2v) is 9.21. The molecule has 0 heterocycles. The SMILES string of the molecule is COc1ccc(C(=O)Nc2cccc(C)c2C)cc1S(=O)(=O)NC1CCCCC1. The van der Waals surface area contributed by atoms with Crippen LogP contribution in [0.5, 0.6) is 5.75 Å². The van der Waals surface area contributed by atoms with Crippen molar-refractivity contribution in [3.63, 3.8) is 0 Å². The first kappa shape index (κ1) is 21.3. The number of hydrogen-bond donors (Lipinski definition) is 2. The Hall–Kier alpha value is -2.38. The van der Waals surface area contributed by atoms with Crippen LogP contribution in [-0.4, -0.2) is 27.5 Å². The molecule has 6 nitrogen and oxygen atoms in total. The van der Waals surface area contributed by atoms with Gasteiger partial charge in [0.2, 0.25) is 10.0 Å². The number of sulfonamides is 1. The van der Waals surface area contributed by atoms with E-state index in [9.17, 15) is 13.2 Å². The average molecular weight is 417 g/mol. The number of aryl methyl sites for hydroxylation is 1. The van der Waals surface area contributed by atoms with Crippen molar-refractivity contribution < 1.29 is 17.9 Å². The molecule has 29 heavy (non-hydrogen) atoms. The van der Waals surface area contributed by atoms with Crippen LogP contribution in [-0.2, 0) is 10.0 Å². The van der Waals surface area contributed by atoms with Gasteiger partial charge in [-0.05, 0) is 62.1 Å². The Kier molecular flexibility index (Phi) is 6.59. The minimum Gasteiger partial charge on any atom is -0.495 e. The fourth-order valence-corrected chi connectivity index (χ4v) is 5.11. The van der Waals surface area contributed by atoms with Crippen LogP contribution in [0.1, 0.15) is 53.6 Å². The number of hydrogen-bond acceptors (Lipinski definition) is 4. The molecule has 1 amide bonds. The third kappa shape index (κ3) is 4.97. The lowest BCUT2D eigenvalue weighted by Gasteiger charge is -2.23. The normalized spacial score (nSPS) is 15.1. The molecule has 3 rings (SSSR count). The fourth-order valence-electron chi connectivity index (χ4n) is 3.61. The van der Waals surface area contributed by atoms with Gasteiger partial charge >= 0.3 is 0 Å². The van der Waals surface area contributed by atoms with Crippen LogP contribution in [0.4, 0.5) is 5.69 Å². The van der Waals surface area contributed by atoms with E-state index in [-0.39, 0.29) is 28.2 Å². The third-order valence-electron chi connectivity index (χ3n) is 5.50. The topological polar surface area (TPSA) is 84.5 Å². The van der Waals surface area contributed by atoms with Crippen LogP contribution < -0.4 is 14.8 Å². The minimum absolute atomic E-state index is 0.0146. The third-order valence-corrected chi connectivity index (χ3v) is 7.04. The first-order valence-corrected chi connectivity index (χ1v) is 11.4. The lowest BCUT2D eigenvalue weighted by molar-refractivity contribution is 0.102. The van der Waals surface area contributed by atoms with Crippen molar-refractivity contribution in [1.82, 2.24) is 4.72 Å². The Morgan fingerprint density at radius 2 is 1.79 bits per heavy atom. The molecule has 2 aromatic carbocycles. The highest BCUT2D eigenvalue weighted by Crippen LogP contribution is 2.28. The molecule has 0 aromatic heterocycles. The quantitative estimate of drug-likeness (QED) is 0.740. The van der Waals surface area contributed by atoms with E-state index in [1.807, 2.05) is 32.0 Å². The molecule has 0 atom stereocenters. The molecule has 0 bridgehead atoms. The molecule has 2 aromatic rings. The van der Waals surface area contributed by atoms with E-state index in [1.165, 1.54) is 19.2 Å². The second-order valence-electron chi connectivity index (χ2n) is 7.52. The van der Waals surface area contributed by atoms with Crippen LogP contribution in [0.3, 0.4) is 0 Å². The Balaban J connectivity index is 1.87. The van der Waals surface area contributed by atoms with Crippen molar-refractivity contribution in [3.8, 4) is 5.75 Å². The second kappa shape index (κ2) is 8.97. The van der Waals surface area contributed by atoms with Crippen molar-refractivity contribution >= 4 is 21.6 Å². The zero-order valence-electron chi connectivity index (χ0n) is 17.1. The monoisotopic (exact) mass is 416 g/mol. The first-order chi connectivity index (χ1) is 13.8. The highest BCUT2D eigenvalue weighted by atomic mass is 32.2. The maximum Gasteiger partial charge on any atom is 0.255 e. The van der Waals surface area contributed by atoms with E-state index in [0.717, 1.165) is 43.2 Å². The molecule has 2 N–H and O–H groups in total. The van der Waals surface area contributed by atoms with Gasteiger partial charge in [0, 0.05) is 17.3 Å². The van der Waals surface area contributed by atoms with Gasteiger partial charge in [0.25, 0.3) is 5.91 Å². The van der Waals surface area contributed by atoms with Crippen molar-refractivity contribution in [3.05, 3.63) is 53.1 Å². The summed E-state index contributed by atoms with van der Waals surface area (Å²) >= 11 is 0. The number of methoxy groups -OCH3 is 1. The molecule has 7 heteroatoms. The number of carbonyl (C=O) groups is 1. The molecule has 156 valence electrons. The van der Waals surface area contributed by atoms with Crippen molar-refractivity contribution in [2.24, 2.45) is 0 Å². The summed E-state index contributed by atoms with van der Waals surface area (Å²) in [6.07, 6.45) is 4.82. The summed E-state index contributed by atoms with van der Waals surface area (Å²) in [6, 6.07) is 10.1. The van der Waals surface area contributed by atoms with Crippen LogP contribution in [0, 0.1) is 13.8 Å². The van der Waals surface area contributed by atoms with E-state index in [1.54, 1.807) is 6.07 Å². The number of anilines is 1. The largest absolute Gasteiger partial charge is 0.495 e. The predicted molar refractivity (Wildman–Crippen MR) is 114 cm³/mol. The van der Waals surface area contributed by atoms with E-state index >= 15 is 0 Å². The Bertz CT molecular complexity index is 996. The molecule has 0 spiro atoms. The molecule has 1 fully saturated rings. The maximum atomic E-state index is 13.0. The molecule has 0 saturated heterocycles. The number of amides is 1. The summed E-state index contributed by atoms with van der Waals surface area (Å²) in [6.45, 7) is 3.91. The van der Waals surface area contributed by atoms with Crippen molar-refractivity contribution in [2.75, 3.05) is 12.4 Å². The standard InChI is InChI=1S/C22H28N2O4S/c1-15-8-7-11-19(16(15)2)23-22(25)17-12-13-20(28-3)21(14-17)29(26,27)24-18-9-5-4-6-10-18/h7-8,11-14,18,24H,4-6,9-10H2,1-3H3,(H,23,25). The van der Waals surface area contributed by atoms with Crippen LogP contribution in [0.2, 0.25) is 0 Å². The molecule has 1 saturated carbocycles. The van der Waals surface area contributed by atoms with Crippen LogP contribution in [0.25, 0.3) is 0 Å². The summed E-state index contributed by atoms with van der Waals surface area (Å²) in [5.74, 6) is -0.146. The van der Waals surface area contributed by atoms with Gasteiger partial charge in [-0.3, -0.25) is 4.79 Å². The zero-order valence-corrected chi connectivity index (χ0v) is 17.9. The molecular formula is C22H28N2O4S. The van der Waals surface area contributed by atoms with Gasteiger partial charge in [-0.15, -0.1) is 0 Å². The van der Waals surface area contributed by atoms with E-state index < -0.39 is 10.0 Å². The minimum atomic E-state index is -3.80. The molecule has 1 aliphatic carbocycles. The summed E-state index contributed by atoms with van der Waals surface area (Å²) in [7, 11) is -2.38. The number of ether oxygens (including phenoxy) is 1. The Morgan fingerprint density at radius 1 is 1.07 bits per heavy atom. The number of carbonyl (C=O) groups excluding carboxylic acids is 1. The highest BCUT2D eigenvalue weighted by Gasteiger charge is 2.26. The van der Waals surface area contributed by atoms with Gasteiger partial charge in [0.05, 0.1) is 7.11 Å². The summed E-state index contributed by atoms with van der Waals surface area (Å²) < 4.78 is 34.0. The van der Waals surface area contributed by atoms with Gasteiger partial charge in [-0.2, -0.15) is 0 Å². The van der Waals surface area contributed by atoms with Crippen molar-refractivity contribution in [1.29, 1.82) is 0 Å². The summed E-state index contributed by atoms with van der Waals surface area (Å²) in [5, 5.41) is 2.87. The summed E-state index contributed by atoms with van der Waals surface area (Å²) in [4.78, 5) is 12.8. The predicted octanol–water partition coefficient (Wildman–Crippen LogP) is 4.18. The Labute approximate surface area is 172 Å². The Morgan fingerprint density at radius 3 is 2.48 bits per heavy atom. The number of benzene rings is 2. The van der Waals surface area contributed by atoms with Gasteiger partial charge < -0.3 is 10.1 Å². The van der Waals surface area contributed by atoms with Gasteiger partial charge in [-0.25, -0.2) is 13.1 Å². The summed E-state index contributed by atoms with van der Waals surface area (Å²) in [5.41, 5.74) is 3.00. The van der Waals surface area contributed by atoms with Gasteiger partial charge in [0.1, 0.15) is 10.6 Å². The average Bonchev–Trinajstić information content (AvgIpc) is 2.71.